The fourth-order valence-corrected chi connectivity index (χ4v) is 1.86. The van der Waals surface area contributed by atoms with Crippen LogP contribution in [-0.4, -0.2) is 17.2 Å². The summed E-state index contributed by atoms with van der Waals surface area (Å²) < 4.78 is 28.2. The zero-order valence-electron chi connectivity index (χ0n) is 10.3. The largest absolute Gasteiger partial charge is 1.00 e. The number of aliphatic carboxylic acids is 1. The van der Waals surface area contributed by atoms with Crippen molar-refractivity contribution in [1.29, 1.82) is 0 Å². The summed E-state index contributed by atoms with van der Waals surface area (Å²) >= 11 is 0. The van der Waals surface area contributed by atoms with Gasteiger partial charge in [-0.1, -0.05) is 24.3 Å². The first-order valence-electron chi connectivity index (χ1n) is 5.06. The molecule has 1 aromatic carbocycles. The van der Waals surface area contributed by atoms with Crippen LogP contribution in [0.3, 0.4) is 0 Å². The third-order valence-electron chi connectivity index (χ3n) is 2.87. The first kappa shape index (κ1) is 14.9. The summed E-state index contributed by atoms with van der Waals surface area (Å²) in [5, 5.41) is 10.9. The third kappa shape index (κ3) is 1.98. The minimum Gasteiger partial charge on any atom is -0.543 e. The predicted molar refractivity (Wildman–Crippen MR) is 56.0 cm³/mol. The van der Waals surface area contributed by atoms with E-state index in [0.717, 1.165) is 0 Å². The molecule has 0 bridgehead atoms. The van der Waals surface area contributed by atoms with E-state index in [1.165, 1.54) is 38.1 Å². The van der Waals surface area contributed by atoms with Crippen LogP contribution in [0.1, 0.15) is 25.0 Å². The molecule has 3 nitrogen and oxygen atoms in total. The quantitative estimate of drug-likeness (QED) is 0.543. The molecule has 90 valence electrons. The molecule has 1 aliphatic heterocycles. The van der Waals surface area contributed by atoms with Crippen LogP contribution in [0, 0.1) is 0 Å². The molecule has 0 N–H and O–H groups in total. The Kier molecular flexibility index (Phi) is 3.71. The first-order chi connectivity index (χ1) is 7.77. The van der Waals surface area contributed by atoms with Gasteiger partial charge in [0.1, 0.15) is 5.54 Å². The van der Waals surface area contributed by atoms with Gasteiger partial charge in [-0.3, -0.25) is 4.99 Å². The number of nitrogens with zero attached hydrogens (tertiary/aromatic N) is 1. The average molecular weight is 245 g/mol. The molecule has 0 saturated heterocycles. The Morgan fingerprint density at radius 1 is 1.28 bits per heavy atom. The molecular weight excluding hydrogens is 235 g/mol. The summed E-state index contributed by atoms with van der Waals surface area (Å²) in [6, 6.07) is 5.47. The summed E-state index contributed by atoms with van der Waals surface area (Å²) in [7, 11) is 0. The van der Waals surface area contributed by atoms with Crippen LogP contribution < -0.4 is 24.0 Å². The van der Waals surface area contributed by atoms with Gasteiger partial charge < -0.3 is 9.90 Å². The van der Waals surface area contributed by atoms with Crippen molar-refractivity contribution in [1.82, 2.24) is 0 Å². The van der Waals surface area contributed by atoms with Gasteiger partial charge in [0.05, 0.1) is 11.7 Å². The number of carbonyl (C=O) groups is 1. The molecule has 1 heterocycles. The Bertz CT molecular complexity index is 527. The van der Waals surface area contributed by atoms with Crippen molar-refractivity contribution in [3.8, 4) is 0 Å². The van der Waals surface area contributed by atoms with Crippen LogP contribution in [0.5, 0.6) is 0 Å². The molecule has 1 aromatic rings. The summed E-state index contributed by atoms with van der Waals surface area (Å²) in [4.78, 5) is 14.5. The molecular formula is C12H10F2LiNO2. The molecule has 6 heteroatoms. The van der Waals surface area contributed by atoms with E-state index >= 15 is 0 Å². The molecule has 1 aliphatic rings. The van der Waals surface area contributed by atoms with Crippen LogP contribution in [-0.2, 0) is 10.7 Å². The topological polar surface area (TPSA) is 52.5 Å². The van der Waals surface area contributed by atoms with Gasteiger partial charge in [0, 0.05) is 11.1 Å². The van der Waals surface area contributed by atoms with E-state index in [4.69, 9.17) is 0 Å². The second-order valence-electron chi connectivity index (χ2n) is 4.43. The summed E-state index contributed by atoms with van der Waals surface area (Å²) in [6.07, 6.45) is 0. The second-order valence-corrected chi connectivity index (χ2v) is 4.43. The molecule has 0 fully saturated rings. The first-order valence-corrected chi connectivity index (χ1v) is 5.06. The van der Waals surface area contributed by atoms with Gasteiger partial charge in [0.15, 0.2) is 0 Å². The van der Waals surface area contributed by atoms with Crippen molar-refractivity contribution in [2.24, 2.45) is 4.99 Å². The Labute approximate surface area is 115 Å². The van der Waals surface area contributed by atoms with Gasteiger partial charge in [-0.05, 0) is 13.8 Å². The van der Waals surface area contributed by atoms with Crippen molar-refractivity contribution in [3.63, 3.8) is 0 Å². The molecule has 0 unspecified atom stereocenters. The molecule has 0 saturated carbocycles. The van der Waals surface area contributed by atoms with E-state index in [1.807, 2.05) is 0 Å². The maximum Gasteiger partial charge on any atom is 1.00 e. The fourth-order valence-electron chi connectivity index (χ4n) is 1.86. The van der Waals surface area contributed by atoms with Crippen LogP contribution in [0.25, 0.3) is 0 Å². The smallest absolute Gasteiger partial charge is 0.543 e. The van der Waals surface area contributed by atoms with Gasteiger partial charge in [0.25, 0.3) is 5.92 Å². The fraction of sp³-hybridized carbons (Fsp3) is 0.333. The van der Waals surface area contributed by atoms with E-state index in [-0.39, 0.29) is 30.0 Å². The third-order valence-corrected chi connectivity index (χ3v) is 2.87. The van der Waals surface area contributed by atoms with Gasteiger partial charge in [-0.2, -0.15) is 8.78 Å². The molecule has 0 radical (unpaired) electrons. The van der Waals surface area contributed by atoms with Crippen molar-refractivity contribution in [2.75, 3.05) is 0 Å². The van der Waals surface area contributed by atoms with Crippen LogP contribution in [0.2, 0.25) is 0 Å². The monoisotopic (exact) mass is 245 g/mol. The number of halogens is 2. The van der Waals surface area contributed by atoms with Crippen molar-refractivity contribution in [3.05, 3.63) is 35.4 Å². The molecule has 0 aliphatic carbocycles. The van der Waals surface area contributed by atoms with E-state index in [9.17, 15) is 18.7 Å². The maximum atomic E-state index is 14.1. The van der Waals surface area contributed by atoms with Crippen molar-refractivity contribution < 1.29 is 37.5 Å². The van der Waals surface area contributed by atoms with Gasteiger partial charge in [0.2, 0.25) is 0 Å². The van der Waals surface area contributed by atoms with Crippen molar-refractivity contribution >= 4 is 11.7 Å². The minimum atomic E-state index is -3.21. The summed E-state index contributed by atoms with van der Waals surface area (Å²) in [5.74, 6) is -4.75. The van der Waals surface area contributed by atoms with Crippen LogP contribution in [0.15, 0.2) is 29.3 Å². The molecule has 0 spiro atoms. The second kappa shape index (κ2) is 4.49. The SMILES string of the molecule is CC1(C)N=C(C(=O)[O-])c2ccccc2C1(F)F.[Li+]. The van der Waals surface area contributed by atoms with Gasteiger partial charge >= 0.3 is 18.9 Å². The van der Waals surface area contributed by atoms with E-state index in [0.29, 0.717) is 0 Å². The Morgan fingerprint density at radius 2 is 1.83 bits per heavy atom. The maximum absolute atomic E-state index is 14.1. The van der Waals surface area contributed by atoms with Crippen molar-refractivity contribution in [2.45, 2.75) is 25.3 Å². The van der Waals surface area contributed by atoms with E-state index in [2.05, 4.69) is 4.99 Å². The number of fused-ring (bicyclic) bond motifs is 1. The van der Waals surface area contributed by atoms with Gasteiger partial charge in [-0.15, -0.1) is 0 Å². The number of hydrogen-bond acceptors (Lipinski definition) is 3. The number of carboxylic acids is 1. The molecule has 0 atom stereocenters. The van der Waals surface area contributed by atoms with Crippen LogP contribution >= 0.6 is 0 Å². The number of carboxylic acid groups (broad SMARTS) is 1. The Hall–Kier alpha value is -1.18. The van der Waals surface area contributed by atoms with E-state index in [1.54, 1.807) is 0 Å². The number of alkyl halides is 2. The average Bonchev–Trinajstić information content (AvgIpc) is 2.24. The Morgan fingerprint density at radius 3 is 2.39 bits per heavy atom. The summed E-state index contributed by atoms with van der Waals surface area (Å²) in [5.41, 5.74) is -2.61. The zero-order chi connectivity index (χ0) is 12.8. The molecule has 0 aromatic heterocycles. The minimum absolute atomic E-state index is 0. The van der Waals surface area contributed by atoms with Gasteiger partial charge in [-0.25, -0.2) is 0 Å². The predicted octanol–water partition coefficient (Wildman–Crippen LogP) is -1.89. The number of aliphatic imine (C=N–C) groups is 1. The molecule has 0 amide bonds. The number of carbonyl (C=O) groups excluding carboxylic acids is 1. The number of rotatable bonds is 1. The number of benzene rings is 1. The van der Waals surface area contributed by atoms with E-state index < -0.39 is 23.1 Å². The number of hydrogen-bond donors (Lipinski definition) is 0. The van der Waals surface area contributed by atoms with Crippen LogP contribution in [0.4, 0.5) is 8.78 Å². The molecule has 18 heavy (non-hydrogen) atoms. The Balaban J connectivity index is 0.00000162. The normalized spacial score (nSPS) is 19.2. The molecule has 2 rings (SSSR count). The standard InChI is InChI=1S/C12H11F2NO2.Li/c1-11(2)12(13,14)8-6-4-3-5-7(8)9(15-11)10(16)17;/h3-6H,1-2H3,(H,16,17);/q;+1/p-1. The summed E-state index contributed by atoms with van der Waals surface area (Å²) in [6.45, 7) is 2.40. The zero-order valence-corrected chi connectivity index (χ0v) is 10.3.